The fourth-order valence-electron chi connectivity index (χ4n) is 2.05. The van der Waals surface area contributed by atoms with Gasteiger partial charge in [-0.3, -0.25) is 0 Å². The summed E-state index contributed by atoms with van der Waals surface area (Å²) in [6.45, 7) is 0. The summed E-state index contributed by atoms with van der Waals surface area (Å²) in [7, 11) is 0. The first-order chi connectivity index (χ1) is 11.4. The van der Waals surface area contributed by atoms with Crippen LogP contribution in [0.15, 0.2) is 55.0 Å². The smallest absolute Gasteiger partial charge is 0.416 e. The number of aromatic hydroxyl groups is 1. The SMILES string of the molecule is Oc1ccc(Nc2cc(-c3cccc(C(F)(F)F)c3)ncn2)cn1. The minimum absolute atomic E-state index is 0.118. The van der Waals surface area contributed by atoms with Gasteiger partial charge < -0.3 is 10.4 Å². The maximum Gasteiger partial charge on any atom is 0.416 e. The van der Waals surface area contributed by atoms with E-state index < -0.39 is 11.7 Å². The van der Waals surface area contributed by atoms with Crippen molar-refractivity contribution in [3.8, 4) is 17.1 Å². The molecule has 0 atom stereocenters. The van der Waals surface area contributed by atoms with Crippen molar-refractivity contribution in [2.45, 2.75) is 6.18 Å². The molecule has 0 spiro atoms. The molecule has 0 aliphatic carbocycles. The van der Waals surface area contributed by atoms with Crippen molar-refractivity contribution < 1.29 is 18.3 Å². The normalized spacial score (nSPS) is 11.3. The lowest BCUT2D eigenvalue weighted by atomic mass is 10.1. The van der Waals surface area contributed by atoms with Crippen molar-refractivity contribution in [1.29, 1.82) is 0 Å². The molecule has 2 aromatic heterocycles. The van der Waals surface area contributed by atoms with Crippen LogP contribution >= 0.6 is 0 Å². The highest BCUT2D eigenvalue weighted by atomic mass is 19.4. The minimum atomic E-state index is -4.41. The van der Waals surface area contributed by atoms with Crippen LogP contribution in [0, 0.1) is 0 Å². The summed E-state index contributed by atoms with van der Waals surface area (Å²) in [6, 6.07) is 9.44. The van der Waals surface area contributed by atoms with Gasteiger partial charge in [0.25, 0.3) is 0 Å². The van der Waals surface area contributed by atoms with E-state index in [4.69, 9.17) is 5.11 Å². The molecule has 0 saturated carbocycles. The first-order valence-corrected chi connectivity index (χ1v) is 6.83. The second-order valence-electron chi connectivity index (χ2n) is 4.90. The Hall–Kier alpha value is -3.16. The number of aromatic nitrogens is 3. The number of alkyl halides is 3. The Morgan fingerprint density at radius 2 is 1.79 bits per heavy atom. The fourth-order valence-corrected chi connectivity index (χ4v) is 2.05. The number of benzene rings is 1. The van der Waals surface area contributed by atoms with Gasteiger partial charge in [-0.25, -0.2) is 15.0 Å². The van der Waals surface area contributed by atoms with Gasteiger partial charge in [0.15, 0.2) is 0 Å². The van der Waals surface area contributed by atoms with Crippen LogP contribution in [0.3, 0.4) is 0 Å². The molecule has 5 nitrogen and oxygen atoms in total. The molecule has 0 saturated heterocycles. The molecule has 0 bridgehead atoms. The minimum Gasteiger partial charge on any atom is -0.493 e. The zero-order valence-corrected chi connectivity index (χ0v) is 12.1. The van der Waals surface area contributed by atoms with Gasteiger partial charge in [-0.1, -0.05) is 12.1 Å². The number of hydrogen-bond acceptors (Lipinski definition) is 5. The molecule has 0 unspecified atom stereocenters. The summed E-state index contributed by atoms with van der Waals surface area (Å²) in [5.41, 5.74) is 0.516. The third-order valence-corrected chi connectivity index (χ3v) is 3.17. The molecule has 2 heterocycles. The average molecular weight is 332 g/mol. The van der Waals surface area contributed by atoms with Gasteiger partial charge >= 0.3 is 6.18 Å². The molecule has 1 aromatic carbocycles. The van der Waals surface area contributed by atoms with Crippen molar-refractivity contribution >= 4 is 11.5 Å². The van der Waals surface area contributed by atoms with Crippen LogP contribution in [0.4, 0.5) is 24.7 Å². The van der Waals surface area contributed by atoms with E-state index in [1.807, 2.05) is 0 Å². The third kappa shape index (κ3) is 3.60. The highest BCUT2D eigenvalue weighted by Crippen LogP contribution is 2.32. The van der Waals surface area contributed by atoms with Gasteiger partial charge in [-0.05, 0) is 18.2 Å². The Morgan fingerprint density at radius 1 is 0.958 bits per heavy atom. The van der Waals surface area contributed by atoms with Crippen molar-refractivity contribution in [3.63, 3.8) is 0 Å². The molecular weight excluding hydrogens is 321 g/mol. The molecule has 3 aromatic rings. The Labute approximate surface area is 134 Å². The molecule has 0 aliphatic heterocycles. The number of nitrogens with zero attached hydrogens (tertiary/aromatic N) is 3. The topological polar surface area (TPSA) is 70.9 Å². The first-order valence-electron chi connectivity index (χ1n) is 6.83. The summed E-state index contributed by atoms with van der Waals surface area (Å²) in [5.74, 6) is 0.276. The maximum absolute atomic E-state index is 12.8. The predicted molar refractivity (Wildman–Crippen MR) is 81.7 cm³/mol. The Bertz CT molecular complexity index is 850. The second-order valence-corrected chi connectivity index (χ2v) is 4.90. The van der Waals surface area contributed by atoms with Crippen LogP contribution in [0.5, 0.6) is 5.88 Å². The van der Waals surface area contributed by atoms with Gasteiger partial charge in [0.1, 0.15) is 12.1 Å². The van der Waals surface area contributed by atoms with E-state index in [9.17, 15) is 13.2 Å². The van der Waals surface area contributed by atoms with E-state index in [0.717, 1.165) is 12.1 Å². The van der Waals surface area contributed by atoms with E-state index in [2.05, 4.69) is 20.3 Å². The first kappa shape index (κ1) is 15.7. The Morgan fingerprint density at radius 3 is 2.50 bits per heavy atom. The van der Waals surface area contributed by atoms with Crippen molar-refractivity contribution in [3.05, 3.63) is 60.6 Å². The summed E-state index contributed by atoms with van der Waals surface area (Å²) in [4.78, 5) is 11.8. The molecule has 2 N–H and O–H groups in total. The van der Waals surface area contributed by atoms with Crippen LogP contribution in [-0.2, 0) is 6.18 Å². The highest BCUT2D eigenvalue weighted by molar-refractivity contribution is 5.65. The quantitative estimate of drug-likeness (QED) is 0.758. The number of nitrogens with one attached hydrogen (secondary N) is 1. The second kappa shape index (κ2) is 6.15. The van der Waals surface area contributed by atoms with Gasteiger partial charge in [0.05, 0.1) is 23.1 Å². The van der Waals surface area contributed by atoms with Gasteiger partial charge in [-0.2, -0.15) is 13.2 Å². The van der Waals surface area contributed by atoms with Crippen molar-refractivity contribution in [2.75, 3.05) is 5.32 Å². The molecule has 3 rings (SSSR count). The average Bonchev–Trinajstić information content (AvgIpc) is 2.57. The standard InChI is InChI=1S/C16H11F3N4O/c17-16(18,19)11-3-1-2-10(6-11)13-7-14(22-9-21-13)23-12-4-5-15(24)20-8-12/h1-9H,(H,20,24)(H,21,22,23). The monoisotopic (exact) mass is 332 g/mol. The summed E-state index contributed by atoms with van der Waals surface area (Å²) in [5, 5.41) is 12.1. The van der Waals surface area contributed by atoms with Gasteiger partial charge in [0, 0.05) is 17.7 Å². The molecule has 122 valence electrons. The zero-order valence-electron chi connectivity index (χ0n) is 12.1. The summed E-state index contributed by atoms with van der Waals surface area (Å²) >= 11 is 0. The zero-order chi connectivity index (χ0) is 17.2. The lowest BCUT2D eigenvalue weighted by molar-refractivity contribution is -0.137. The van der Waals surface area contributed by atoms with E-state index in [1.54, 1.807) is 12.1 Å². The van der Waals surface area contributed by atoms with Crippen LogP contribution < -0.4 is 5.32 Å². The number of hydrogen-bond donors (Lipinski definition) is 2. The van der Waals surface area contributed by atoms with Crippen molar-refractivity contribution in [1.82, 2.24) is 15.0 Å². The number of rotatable bonds is 3. The fraction of sp³-hybridized carbons (Fsp3) is 0.0625. The molecule has 8 heteroatoms. The third-order valence-electron chi connectivity index (χ3n) is 3.17. The summed E-state index contributed by atoms with van der Waals surface area (Å²) < 4.78 is 38.4. The lowest BCUT2D eigenvalue weighted by Gasteiger charge is -2.09. The Kier molecular flexibility index (Phi) is 4.03. The van der Waals surface area contributed by atoms with Crippen LogP contribution in [0.2, 0.25) is 0 Å². The molecule has 0 aliphatic rings. The van der Waals surface area contributed by atoms with E-state index in [1.165, 1.54) is 30.7 Å². The number of anilines is 2. The Balaban J connectivity index is 1.89. The lowest BCUT2D eigenvalue weighted by Crippen LogP contribution is -2.04. The predicted octanol–water partition coefficient (Wildman–Crippen LogP) is 4.01. The van der Waals surface area contributed by atoms with Crippen molar-refractivity contribution in [2.24, 2.45) is 0 Å². The van der Waals surface area contributed by atoms with Gasteiger partial charge in [0.2, 0.25) is 5.88 Å². The molecule has 0 fully saturated rings. The molecular formula is C16H11F3N4O. The maximum atomic E-state index is 12.8. The molecule has 24 heavy (non-hydrogen) atoms. The van der Waals surface area contributed by atoms with E-state index in [0.29, 0.717) is 22.8 Å². The van der Waals surface area contributed by atoms with Crippen LogP contribution in [0.25, 0.3) is 11.3 Å². The molecule has 0 radical (unpaired) electrons. The summed E-state index contributed by atoms with van der Waals surface area (Å²) in [6.07, 6.45) is -1.75. The molecule has 0 amide bonds. The number of halogens is 3. The van der Waals surface area contributed by atoms with Crippen LogP contribution in [0.1, 0.15) is 5.56 Å². The van der Waals surface area contributed by atoms with E-state index >= 15 is 0 Å². The highest BCUT2D eigenvalue weighted by Gasteiger charge is 2.30. The van der Waals surface area contributed by atoms with E-state index in [-0.39, 0.29) is 5.88 Å². The largest absolute Gasteiger partial charge is 0.493 e. The van der Waals surface area contributed by atoms with Gasteiger partial charge in [-0.15, -0.1) is 0 Å². The number of pyridine rings is 1. The van der Waals surface area contributed by atoms with Crippen LogP contribution in [-0.4, -0.2) is 20.1 Å².